The summed E-state index contributed by atoms with van der Waals surface area (Å²) >= 11 is 0. The van der Waals surface area contributed by atoms with E-state index in [9.17, 15) is 9.59 Å². The first kappa shape index (κ1) is 15.5. The van der Waals surface area contributed by atoms with Crippen LogP contribution in [0.4, 0.5) is 0 Å². The van der Waals surface area contributed by atoms with Crippen molar-refractivity contribution < 1.29 is 9.59 Å². The smallest absolute Gasteiger partial charge is 0.251 e. The average molecular weight is 289 g/mol. The Labute approximate surface area is 125 Å². The minimum absolute atomic E-state index is 0.0279. The zero-order chi connectivity index (χ0) is 15.2. The number of benzene rings is 1. The van der Waals surface area contributed by atoms with Gasteiger partial charge in [-0.3, -0.25) is 9.59 Å². The molecule has 1 aromatic carbocycles. The van der Waals surface area contributed by atoms with E-state index in [1.807, 2.05) is 36.1 Å². The van der Waals surface area contributed by atoms with Gasteiger partial charge in [-0.1, -0.05) is 18.2 Å². The highest BCUT2D eigenvalue weighted by atomic mass is 16.2. The number of aryl methyl sites for hydroxylation is 1. The molecule has 0 aromatic heterocycles. The van der Waals surface area contributed by atoms with E-state index in [0.29, 0.717) is 26.1 Å². The number of nitrogens with zero attached hydrogens (tertiary/aromatic N) is 1. The Morgan fingerprint density at radius 2 is 1.95 bits per heavy atom. The summed E-state index contributed by atoms with van der Waals surface area (Å²) < 4.78 is 0. The van der Waals surface area contributed by atoms with Crippen LogP contribution in [0.2, 0.25) is 0 Å². The van der Waals surface area contributed by atoms with Gasteiger partial charge in [-0.15, -0.1) is 0 Å². The number of carbonyl (C=O) groups is 2. The third-order valence-electron chi connectivity index (χ3n) is 3.93. The van der Waals surface area contributed by atoms with Gasteiger partial charge in [0.05, 0.1) is 0 Å². The van der Waals surface area contributed by atoms with Gasteiger partial charge in [0, 0.05) is 37.7 Å². The van der Waals surface area contributed by atoms with E-state index < -0.39 is 0 Å². The van der Waals surface area contributed by atoms with Crippen molar-refractivity contribution in [2.45, 2.75) is 32.2 Å². The van der Waals surface area contributed by atoms with E-state index in [-0.39, 0.29) is 17.9 Å². The van der Waals surface area contributed by atoms with Gasteiger partial charge in [0.15, 0.2) is 0 Å². The highest BCUT2D eigenvalue weighted by molar-refractivity contribution is 5.95. The van der Waals surface area contributed by atoms with Crippen molar-refractivity contribution in [1.29, 1.82) is 0 Å². The lowest BCUT2D eigenvalue weighted by atomic mass is 10.0. The first-order valence-electron chi connectivity index (χ1n) is 7.46. The summed E-state index contributed by atoms with van der Waals surface area (Å²) in [5.41, 5.74) is 7.10. The Hall–Kier alpha value is -1.88. The van der Waals surface area contributed by atoms with Crippen LogP contribution in [0.1, 0.15) is 35.2 Å². The molecule has 1 fully saturated rings. The molecule has 1 aliphatic rings. The van der Waals surface area contributed by atoms with Gasteiger partial charge in [0.1, 0.15) is 0 Å². The minimum Gasteiger partial charge on any atom is -0.349 e. The zero-order valence-electron chi connectivity index (χ0n) is 12.5. The molecular weight excluding hydrogens is 266 g/mol. The molecule has 0 saturated carbocycles. The molecule has 0 atom stereocenters. The molecule has 1 aliphatic heterocycles. The van der Waals surface area contributed by atoms with Gasteiger partial charge in [-0.2, -0.15) is 0 Å². The summed E-state index contributed by atoms with van der Waals surface area (Å²) in [6.07, 6.45) is 2.00. The molecule has 5 heteroatoms. The van der Waals surface area contributed by atoms with Gasteiger partial charge in [-0.05, 0) is 31.4 Å². The maximum absolute atomic E-state index is 12.2. The Balaban J connectivity index is 1.85. The second kappa shape index (κ2) is 7.22. The largest absolute Gasteiger partial charge is 0.349 e. The summed E-state index contributed by atoms with van der Waals surface area (Å²) in [4.78, 5) is 25.8. The maximum Gasteiger partial charge on any atom is 0.251 e. The van der Waals surface area contributed by atoms with Gasteiger partial charge < -0.3 is 16.0 Å². The van der Waals surface area contributed by atoms with Crippen molar-refractivity contribution in [2.75, 3.05) is 19.6 Å². The van der Waals surface area contributed by atoms with Crippen LogP contribution in [0.25, 0.3) is 0 Å². The van der Waals surface area contributed by atoms with Gasteiger partial charge in [0.25, 0.3) is 5.91 Å². The van der Waals surface area contributed by atoms with Crippen molar-refractivity contribution in [3.8, 4) is 0 Å². The van der Waals surface area contributed by atoms with Crippen molar-refractivity contribution in [3.05, 3.63) is 35.4 Å². The fourth-order valence-electron chi connectivity index (χ4n) is 2.65. The third-order valence-corrected chi connectivity index (χ3v) is 3.93. The van der Waals surface area contributed by atoms with Crippen LogP contribution >= 0.6 is 0 Å². The van der Waals surface area contributed by atoms with E-state index in [0.717, 1.165) is 24.0 Å². The highest BCUT2D eigenvalue weighted by Gasteiger charge is 2.23. The molecule has 0 spiro atoms. The lowest BCUT2D eigenvalue weighted by Crippen LogP contribution is -2.46. The molecule has 0 radical (unpaired) electrons. The summed E-state index contributed by atoms with van der Waals surface area (Å²) in [6.45, 7) is 3.71. The van der Waals surface area contributed by atoms with Crippen LogP contribution in [-0.2, 0) is 4.79 Å². The molecule has 1 aromatic rings. The Morgan fingerprint density at radius 1 is 1.29 bits per heavy atom. The van der Waals surface area contributed by atoms with Crippen LogP contribution in [0.15, 0.2) is 24.3 Å². The summed E-state index contributed by atoms with van der Waals surface area (Å²) in [5, 5.41) is 3.07. The van der Waals surface area contributed by atoms with E-state index in [2.05, 4.69) is 5.32 Å². The molecule has 1 saturated heterocycles. The van der Waals surface area contributed by atoms with Crippen molar-refractivity contribution in [2.24, 2.45) is 5.73 Å². The van der Waals surface area contributed by atoms with Crippen LogP contribution in [0.5, 0.6) is 0 Å². The van der Waals surface area contributed by atoms with Crippen molar-refractivity contribution in [1.82, 2.24) is 10.2 Å². The SMILES string of the molecule is Cc1ccccc1C(=O)NC1CCN(C(=O)CCN)CC1. The number of hydrogen-bond acceptors (Lipinski definition) is 3. The second-order valence-electron chi connectivity index (χ2n) is 5.48. The predicted octanol–water partition coefficient (Wildman–Crippen LogP) is 1.06. The van der Waals surface area contributed by atoms with Gasteiger partial charge in [-0.25, -0.2) is 0 Å². The minimum atomic E-state index is -0.0279. The van der Waals surface area contributed by atoms with E-state index in [1.165, 1.54) is 0 Å². The fourth-order valence-corrected chi connectivity index (χ4v) is 2.65. The van der Waals surface area contributed by atoms with E-state index in [1.54, 1.807) is 0 Å². The van der Waals surface area contributed by atoms with Crippen LogP contribution in [-0.4, -0.2) is 42.4 Å². The number of nitrogens with two attached hydrogens (primary N) is 1. The highest BCUT2D eigenvalue weighted by Crippen LogP contribution is 2.13. The Kier molecular flexibility index (Phi) is 5.33. The van der Waals surface area contributed by atoms with Gasteiger partial charge >= 0.3 is 0 Å². The molecule has 2 amide bonds. The maximum atomic E-state index is 12.2. The molecule has 0 unspecified atom stereocenters. The van der Waals surface area contributed by atoms with E-state index in [4.69, 9.17) is 5.73 Å². The molecule has 3 N–H and O–H groups in total. The van der Waals surface area contributed by atoms with Crippen LogP contribution < -0.4 is 11.1 Å². The molecule has 0 aliphatic carbocycles. The van der Waals surface area contributed by atoms with Crippen molar-refractivity contribution >= 4 is 11.8 Å². The summed E-state index contributed by atoms with van der Waals surface area (Å²) in [6, 6.07) is 7.70. The molecular formula is C16H23N3O2. The first-order chi connectivity index (χ1) is 10.1. The number of rotatable bonds is 4. The quantitative estimate of drug-likeness (QED) is 0.870. The molecule has 0 bridgehead atoms. The number of nitrogens with one attached hydrogen (secondary N) is 1. The normalized spacial score (nSPS) is 15.8. The monoisotopic (exact) mass is 289 g/mol. The summed E-state index contributed by atoms with van der Waals surface area (Å²) in [7, 11) is 0. The number of likely N-dealkylation sites (tertiary alicyclic amines) is 1. The molecule has 1 heterocycles. The lowest BCUT2D eigenvalue weighted by Gasteiger charge is -2.32. The summed E-state index contributed by atoms with van der Waals surface area (Å²) in [5.74, 6) is 0.0843. The second-order valence-corrected chi connectivity index (χ2v) is 5.48. The number of piperidine rings is 1. The number of hydrogen-bond donors (Lipinski definition) is 2. The van der Waals surface area contributed by atoms with Crippen LogP contribution in [0, 0.1) is 6.92 Å². The number of amides is 2. The standard InChI is InChI=1S/C16H23N3O2/c1-12-4-2-3-5-14(12)16(21)18-13-7-10-19(11-8-13)15(20)6-9-17/h2-5,13H,6-11,17H2,1H3,(H,18,21). The lowest BCUT2D eigenvalue weighted by molar-refractivity contribution is -0.132. The topological polar surface area (TPSA) is 75.4 Å². The van der Waals surface area contributed by atoms with E-state index >= 15 is 0 Å². The number of carbonyl (C=O) groups excluding carboxylic acids is 2. The van der Waals surface area contributed by atoms with Crippen molar-refractivity contribution in [3.63, 3.8) is 0 Å². The molecule has 2 rings (SSSR count). The predicted molar refractivity (Wildman–Crippen MR) is 81.9 cm³/mol. The third kappa shape index (κ3) is 4.04. The Morgan fingerprint density at radius 3 is 2.57 bits per heavy atom. The molecule has 114 valence electrons. The van der Waals surface area contributed by atoms with Crippen LogP contribution in [0.3, 0.4) is 0 Å². The Bertz CT molecular complexity index is 508. The fraction of sp³-hybridized carbons (Fsp3) is 0.500. The molecule has 5 nitrogen and oxygen atoms in total. The zero-order valence-corrected chi connectivity index (χ0v) is 12.5. The first-order valence-corrected chi connectivity index (χ1v) is 7.46. The average Bonchev–Trinajstić information content (AvgIpc) is 2.48. The molecule has 21 heavy (non-hydrogen) atoms. The van der Waals surface area contributed by atoms with Gasteiger partial charge in [0.2, 0.25) is 5.91 Å².